The van der Waals surface area contributed by atoms with Gasteiger partial charge in [-0.25, -0.2) is 0 Å². The zero-order valence-electron chi connectivity index (χ0n) is 6.91. The molecule has 0 fully saturated rings. The summed E-state index contributed by atoms with van der Waals surface area (Å²) in [5.74, 6) is 0. The molecule has 1 aromatic heterocycles. The number of nitrogens with zero attached hydrogens (tertiary/aromatic N) is 1. The zero-order valence-corrected chi connectivity index (χ0v) is 9.75. The van der Waals surface area contributed by atoms with Gasteiger partial charge in [0.25, 0.3) is 0 Å². The third-order valence-corrected chi connectivity index (χ3v) is 1.68. The largest absolute Gasteiger partial charge is 0.352 e. The Morgan fingerprint density at radius 3 is 3.00 bits per heavy atom. The van der Waals surface area contributed by atoms with Crippen LogP contribution in [-0.2, 0) is 32.7 Å². The number of aromatic nitrogens is 1. The van der Waals surface area contributed by atoms with Gasteiger partial charge in [-0.15, -0.1) is 29.7 Å². The van der Waals surface area contributed by atoms with Crippen molar-refractivity contribution in [3.63, 3.8) is 0 Å². The number of benzene rings is 1. The number of pyridine rings is 1. The van der Waals surface area contributed by atoms with Crippen molar-refractivity contribution in [2.24, 2.45) is 0 Å². The van der Waals surface area contributed by atoms with Crippen LogP contribution in [0, 0.1) is 13.0 Å². The fourth-order valence-electron chi connectivity index (χ4n) is 1.12. The van der Waals surface area contributed by atoms with Crippen LogP contribution < -0.4 is 0 Å². The van der Waals surface area contributed by atoms with Gasteiger partial charge in [0.05, 0.1) is 0 Å². The minimum atomic E-state index is 0. The molecule has 1 heterocycles. The minimum absolute atomic E-state index is 0. The van der Waals surface area contributed by atoms with Crippen molar-refractivity contribution in [1.29, 1.82) is 0 Å². The molecule has 2 aromatic rings. The van der Waals surface area contributed by atoms with Gasteiger partial charge in [-0.3, -0.25) is 0 Å². The predicted molar refractivity (Wildman–Crippen MR) is 45.3 cm³/mol. The summed E-state index contributed by atoms with van der Waals surface area (Å²) in [5.41, 5.74) is 2.26. The second-order valence-electron chi connectivity index (χ2n) is 2.61. The predicted octanol–water partition coefficient (Wildman–Crippen LogP) is 2.34. The van der Waals surface area contributed by atoms with Gasteiger partial charge in [0.1, 0.15) is 0 Å². The molecule has 1 radical (unpaired) electrons. The Morgan fingerprint density at radius 2 is 2.17 bits per heavy atom. The third kappa shape index (κ3) is 1.91. The molecular weight excluding hydrogens is 223 g/mol. The molecule has 0 N–H and O–H groups in total. The van der Waals surface area contributed by atoms with E-state index in [4.69, 9.17) is 0 Å². The van der Waals surface area contributed by atoms with Crippen molar-refractivity contribution in [1.82, 2.24) is 4.98 Å². The number of hydrogen-bond donors (Lipinski definition) is 0. The smallest absolute Gasteiger partial charge is 0 e. The quantitative estimate of drug-likeness (QED) is 0.634. The normalized spacial score (nSPS) is 9.42. The van der Waals surface area contributed by atoms with Gasteiger partial charge in [0, 0.05) is 32.7 Å². The number of hydrogen-bond acceptors (Lipinski definition) is 1. The Hall–Kier alpha value is -0.266. The second kappa shape index (κ2) is 4.11. The summed E-state index contributed by atoms with van der Waals surface area (Å²) in [6.45, 7) is 2.06. The van der Waals surface area contributed by atoms with Crippen LogP contribution in [-0.4, -0.2) is 4.98 Å². The molecule has 0 amide bonds. The standard InChI is InChI=1S/C10H8N.Y/c1-8-4-5-9-3-2-6-11-10(9)7-8;/h2,4-7H,1H3;/q-1;. The molecule has 0 bridgehead atoms. The molecule has 12 heavy (non-hydrogen) atoms. The summed E-state index contributed by atoms with van der Waals surface area (Å²) >= 11 is 0. The van der Waals surface area contributed by atoms with E-state index < -0.39 is 0 Å². The van der Waals surface area contributed by atoms with E-state index in [1.54, 1.807) is 6.20 Å². The fraction of sp³-hybridized carbons (Fsp3) is 0.100. The molecule has 0 saturated carbocycles. The molecule has 0 atom stereocenters. The van der Waals surface area contributed by atoms with Crippen molar-refractivity contribution in [3.8, 4) is 0 Å². The SMILES string of the molecule is Cc1ccc2[c-]ccnc2c1.[Y]. The monoisotopic (exact) mass is 231 g/mol. The van der Waals surface area contributed by atoms with Crippen LogP contribution in [0.5, 0.6) is 0 Å². The maximum absolute atomic E-state index is 4.21. The summed E-state index contributed by atoms with van der Waals surface area (Å²) in [5, 5.41) is 1.08. The average Bonchev–Trinajstić information content (AvgIpc) is 2.04. The van der Waals surface area contributed by atoms with Gasteiger partial charge in [-0.1, -0.05) is 17.8 Å². The average molecular weight is 231 g/mol. The molecule has 2 rings (SSSR count). The van der Waals surface area contributed by atoms with Crippen LogP contribution in [0.4, 0.5) is 0 Å². The maximum Gasteiger partial charge on any atom is 0 e. The van der Waals surface area contributed by atoms with Crippen LogP contribution in [0.3, 0.4) is 0 Å². The van der Waals surface area contributed by atoms with E-state index in [-0.39, 0.29) is 32.7 Å². The molecule has 0 aliphatic heterocycles. The number of fused-ring (bicyclic) bond motifs is 1. The van der Waals surface area contributed by atoms with E-state index in [2.05, 4.69) is 30.1 Å². The van der Waals surface area contributed by atoms with Crippen LogP contribution in [0.1, 0.15) is 5.56 Å². The van der Waals surface area contributed by atoms with Gasteiger partial charge in [-0.2, -0.15) is 0 Å². The Kier molecular flexibility index (Phi) is 3.36. The Morgan fingerprint density at radius 1 is 1.33 bits per heavy atom. The summed E-state index contributed by atoms with van der Waals surface area (Å²) in [6, 6.07) is 11.1. The van der Waals surface area contributed by atoms with Gasteiger partial charge in [0.15, 0.2) is 0 Å². The van der Waals surface area contributed by atoms with Crippen LogP contribution in [0.2, 0.25) is 0 Å². The molecule has 1 nitrogen and oxygen atoms in total. The molecule has 0 saturated heterocycles. The van der Waals surface area contributed by atoms with Crippen molar-refractivity contribution >= 4 is 10.9 Å². The van der Waals surface area contributed by atoms with E-state index in [1.165, 1.54) is 5.56 Å². The Bertz CT molecular complexity index is 384. The van der Waals surface area contributed by atoms with Crippen molar-refractivity contribution in [3.05, 3.63) is 42.1 Å². The third-order valence-electron chi connectivity index (χ3n) is 1.68. The van der Waals surface area contributed by atoms with E-state index >= 15 is 0 Å². The molecule has 2 heteroatoms. The molecule has 0 aliphatic carbocycles. The van der Waals surface area contributed by atoms with Gasteiger partial charge >= 0.3 is 0 Å². The first-order chi connectivity index (χ1) is 5.36. The number of rotatable bonds is 0. The minimum Gasteiger partial charge on any atom is -0.352 e. The summed E-state index contributed by atoms with van der Waals surface area (Å²) < 4.78 is 0. The molecular formula is C10H8NY-. The molecule has 57 valence electrons. The fourth-order valence-corrected chi connectivity index (χ4v) is 1.12. The van der Waals surface area contributed by atoms with Gasteiger partial charge in [0.2, 0.25) is 0 Å². The molecule has 1 aromatic carbocycles. The van der Waals surface area contributed by atoms with Crippen molar-refractivity contribution < 1.29 is 32.7 Å². The zero-order chi connectivity index (χ0) is 7.68. The van der Waals surface area contributed by atoms with E-state index in [9.17, 15) is 0 Å². The topological polar surface area (TPSA) is 12.9 Å². The van der Waals surface area contributed by atoms with E-state index in [0.29, 0.717) is 0 Å². The first-order valence-electron chi connectivity index (χ1n) is 3.59. The summed E-state index contributed by atoms with van der Waals surface area (Å²) in [4.78, 5) is 4.21. The number of aryl methyl sites for hydroxylation is 1. The van der Waals surface area contributed by atoms with Crippen molar-refractivity contribution in [2.45, 2.75) is 6.92 Å². The van der Waals surface area contributed by atoms with E-state index in [0.717, 1.165) is 10.9 Å². The summed E-state index contributed by atoms with van der Waals surface area (Å²) in [6.07, 6.45) is 1.77. The maximum atomic E-state index is 4.21. The first kappa shape index (κ1) is 9.82. The van der Waals surface area contributed by atoms with E-state index in [1.807, 2.05) is 12.1 Å². The van der Waals surface area contributed by atoms with Crippen LogP contribution in [0.15, 0.2) is 30.5 Å². The second-order valence-corrected chi connectivity index (χ2v) is 2.61. The van der Waals surface area contributed by atoms with Crippen LogP contribution in [0.25, 0.3) is 10.9 Å². The Balaban J connectivity index is 0.000000720. The van der Waals surface area contributed by atoms with Crippen LogP contribution >= 0.6 is 0 Å². The van der Waals surface area contributed by atoms with Gasteiger partial charge < -0.3 is 4.98 Å². The summed E-state index contributed by atoms with van der Waals surface area (Å²) in [7, 11) is 0. The molecule has 0 spiro atoms. The van der Waals surface area contributed by atoms with Crippen molar-refractivity contribution in [2.75, 3.05) is 0 Å². The van der Waals surface area contributed by atoms with Gasteiger partial charge in [-0.05, 0) is 12.4 Å². The molecule has 0 unspecified atom stereocenters. The Labute approximate surface area is 97.1 Å². The molecule has 0 aliphatic rings. The first-order valence-corrected chi connectivity index (χ1v) is 3.59.